The smallest absolute Gasteiger partial charge is 0.147 e. The normalized spacial score (nSPS) is 15.0. The van der Waals surface area contributed by atoms with Crippen LogP contribution in [0.15, 0.2) is 53.6 Å². The van der Waals surface area contributed by atoms with E-state index in [1.54, 1.807) is 0 Å². The molecule has 0 unspecified atom stereocenters. The van der Waals surface area contributed by atoms with Crippen LogP contribution < -0.4 is 10.0 Å². The topological polar surface area (TPSA) is 55.0 Å². The van der Waals surface area contributed by atoms with E-state index in [0.29, 0.717) is 0 Å². The van der Waals surface area contributed by atoms with Gasteiger partial charge in [0, 0.05) is 18.0 Å². The second-order valence-corrected chi connectivity index (χ2v) is 6.83. The summed E-state index contributed by atoms with van der Waals surface area (Å²) in [6.45, 7) is 2.16. The number of fused-ring (bicyclic) bond motifs is 1. The first-order valence-corrected chi connectivity index (χ1v) is 9.20. The van der Waals surface area contributed by atoms with E-state index in [1.807, 2.05) is 24.4 Å². The van der Waals surface area contributed by atoms with Crippen LogP contribution in [-0.4, -0.2) is 23.1 Å². The van der Waals surface area contributed by atoms with E-state index in [9.17, 15) is 0 Å². The van der Waals surface area contributed by atoms with Gasteiger partial charge in [0.1, 0.15) is 5.82 Å². The highest BCUT2D eigenvalue weighted by Gasteiger charge is 2.13. The Labute approximate surface area is 146 Å². The van der Waals surface area contributed by atoms with E-state index >= 15 is 0 Å². The van der Waals surface area contributed by atoms with E-state index in [4.69, 9.17) is 10.1 Å². The number of anilines is 1. The summed E-state index contributed by atoms with van der Waals surface area (Å²) in [7, 11) is 0. The summed E-state index contributed by atoms with van der Waals surface area (Å²) in [5.74, 6) is 0.991. The highest BCUT2D eigenvalue weighted by Crippen LogP contribution is 2.27. The molecule has 0 spiro atoms. The van der Waals surface area contributed by atoms with Gasteiger partial charge in [-0.1, -0.05) is 18.2 Å². The number of rotatable bonds is 3. The summed E-state index contributed by atoms with van der Waals surface area (Å²) >= 11 is 1.27. The van der Waals surface area contributed by atoms with Gasteiger partial charge in [-0.25, -0.2) is 4.98 Å². The number of nitrogens with zero attached hydrogens (tertiary/aromatic N) is 3. The molecule has 0 bridgehead atoms. The van der Waals surface area contributed by atoms with Gasteiger partial charge in [0.05, 0.1) is 17.2 Å². The fourth-order valence-corrected chi connectivity index (χ4v) is 3.56. The summed E-state index contributed by atoms with van der Waals surface area (Å²) in [5.41, 5.74) is 4.17. The predicted molar refractivity (Wildman–Crippen MR) is 101 cm³/mol. The van der Waals surface area contributed by atoms with E-state index in [0.717, 1.165) is 46.0 Å². The quantitative estimate of drug-likeness (QED) is 0.725. The number of piperidine rings is 1. The molecule has 0 atom stereocenters. The Morgan fingerprint density at radius 3 is 2.58 bits per heavy atom. The molecule has 24 heavy (non-hydrogen) atoms. The maximum Gasteiger partial charge on any atom is 0.147 e. The summed E-state index contributed by atoms with van der Waals surface area (Å²) in [5, 5.41) is 5.68. The Morgan fingerprint density at radius 2 is 1.75 bits per heavy atom. The Kier molecular flexibility index (Phi) is 4.36. The van der Waals surface area contributed by atoms with Crippen molar-refractivity contribution >= 4 is 28.8 Å². The number of hydrogen-bond acceptors (Lipinski definition) is 5. The summed E-state index contributed by atoms with van der Waals surface area (Å²) < 4.78 is 0. The van der Waals surface area contributed by atoms with Gasteiger partial charge in [-0.2, -0.15) is 0 Å². The van der Waals surface area contributed by atoms with Crippen LogP contribution in [0, 0.1) is 0 Å². The Morgan fingerprint density at radius 1 is 0.917 bits per heavy atom. The third kappa shape index (κ3) is 3.09. The molecule has 1 saturated heterocycles. The van der Waals surface area contributed by atoms with Gasteiger partial charge in [-0.15, -0.1) is 0 Å². The molecule has 3 aromatic rings. The lowest BCUT2D eigenvalue weighted by molar-refractivity contribution is 0.573. The highest BCUT2D eigenvalue weighted by molar-refractivity contribution is 7.97. The average Bonchev–Trinajstić information content (AvgIpc) is 2.68. The SMILES string of the molecule is NSc1cccc(-c2ccc3ncc(N4CCCCC4)nc3c2)c1. The van der Waals surface area contributed by atoms with Crippen molar-refractivity contribution in [1.82, 2.24) is 9.97 Å². The lowest BCUT2D eigenvalue weighted by atomic mass is 10.1. The van der Waals surface area contributed by atoms with Gasteiger partial charge in [-0.05, 0) is 66.6 Å². The lowest BCUT2D eigenvalue weighted by Crippen LogP contribution is -2.30. The van der Waals surface area contributed by atoms with Crippen LogP contribution in [0.25, 0.3) is 22.2 Å². The molecule has 2 heterocycles. The van der Waals surface area contributed by atoms with Crippen LogP contribution in [-0.2, 0) is 0 Å². The molecule has 122 valence electrons. The molecule has 5 heteroatoms. The third-order valence-electron chi connectivity index (χ3n) is 4.51. The molecular weight excluding hydrogens is 316 g/mol. The summed E-state index contributed by atoms with van der Waals surface area (Å²) in [6, 6.07) is 14.5. The van der Waals surface area contributed by atoms with Gasteiger partial charge in [0.25, 0.3) is 0 Å². The predicted octanol–water partition coefficient (Wildman–Crippen LogP) is 4.25. The van der Waals surface area contributed by atoms with Crippen molar-refractivity contribution in [2.24, 2.45) is 5.14 Å². The number of benzene rings is 2. The maximum absolute atomic E-state index is 5.68. The molecule has 0 amide bonds. The molecule has 2 aromatic carbocycles. The molecule has 1 aliphatic rings. The highest BCUT2D eigenvalue weighted by atomic mass is 32.2. The molecule has 1 aliphatic heterocycles. The molecule has 0 radical (unpaired) electrons. The zero-order valence-corrected chi connectivity index (χ0v) is 14.3. The molecule has 4 nitrogen and oxygen atoms in total. The zero-order chi connectivity index (χ0) is 16.4. The first-order chi connectivity index (χ1) is 11.8. The van der Waals surface area contributed by atoms with Crippen LogP contribution in [0.5, 0.6) is 0 Å². The van der Waals surface area contributed by atoms with Gasteiger partial charge < -0.3 is 4.90 Å². The van der Waals surface area contributed by atoms with E-state index in [1.165, 1.54) is 31.2 Å². The van der Waals surface area contributed by atoms with E-state index < -0.39 is 0 Å². The molecule has 1 fully saturated rings. The summed E-state index contributed by atoms with van der Waals surface area (Å²) in [4.78, 5) is 12.9. The number of nitrogens with two attached hydrogens (primary N) is 1. The second kappa shape index (κ2) is 6.79. The minimum Gasteiger partial charge on any atom is -0.355 e. The van der Waals surface area contributed by atoms with Crippen LogP contribution in [0.2, 0.25) is 0 Å². The summed E-state index contributed by atoms with van der Waals surface area (Å²) in [6.07, 6.45) is 5.70. The van der Waals surface area contributed by atoms with Crippen molar-refractivity contribution in [3.8, 4) is 11.1 Å². The van der Waals surface area contributed by atoms with Gasteiger partial charge in [0.2, 0.25) is 0 Å². The van der Waals surface area contributed by atoms with E-state index in [2.05, 4.69) is 34.1 Å². The molecule has 1 aromatic heterocycles. The minimum atomic E-state index is 0.934. The zero-order valence-electron chi connectivity index (χ0n) is 13.5. The fourth-order valence-electron chi connectivity index (χ4n) is 3.21. The largest absolute Gasteiger partial charge is 0.355 e. The van der Waals surface area contributed by atoms with E-state index in [-0.39, 0.29) is 0 Å². The van der Waals surface area contributed by atoms with Crippen LogP contribution in [0.1, 0.15) is 19.3 Å². The van der Waals surface area contributed by atoms with Gasteiger partial charge in [-0.3, -0.25) is 10.1 Å². The molecule has 2 N–H and O–H groups in total. The van der Waals surface area contributed by atoms with Crippen molar-refractivity contribution in [2.45, 2.75) is 24.2 Å². The lowest BCUT2D eigenvalue weighted by Gasteiger charge is -2.27. The number of hydrogen-bond donors (Lipinski definition) is 1. The Bertz CT molecular complexity index is 859. The van der Waals surface area contributed by atoms with Crippen LogP contribution in [0.3, 0.4) is 0 Å². The molecular formula is C19H20N4S. The molecule has 0 aliphatic carbocycles. The van der Waals surface area contributed by atoms with Crippen molar-refractivity contribution in [3.05, 3.63) is 48.7 Å². The van der Waals surface area contributed by atoms with Gasteiger partial charge >= 0.3 is 0 Å². The average molecular weight is 336 g/mol. The monoisotopic (exact) mass is 336 g/mol. The Balaban J connectivity index is 1.72. The second-order valence-electron chi connectivity index (χ2n) is 6.13. The minimum absolute atomic E-state index is 0.934. The van der Waals surface area contributed by atoms with Crippen molar-refractivity contribution < 1.29 is 0 Å². The fraction of sp³-hybridized carbons (Fsp3) is 0.263. The van der Waals surface area contributed by atoms with Crippen LogP contribution >= 0.6 is 11.9 Å². The first-order valence-electron chi connectivity index (χ1n) is 8.32. The van der Waals surface area contributed by atoms with Gasteiger partial charge in [0.15, 0.2) is 0 Å². The Hall–Kier alpha value is -2.11. The third-order valence-corrected chi connectivity index (χ3v) is 5.04. The number of aromatic nitrogens is 2. The first kappa shape index (κ1) is 15.4. The molecule has 0 saturated carbocycles. The van der Waals surface area contributed by atoms with Crippen LogP contribution in [0.4, 0.5) is 5.82 Å². The molecule has 4 rings (SSSR count). The van der Waals surface area contributed by atoms with Crippen molar-refractivity contribution in [2.75, 3.05) is 18.0 Å². The van der Waals surface area contributed by atoms with Crippen molar-refractivity contribution in [1.29, 1.82) is 0 Å². The van der Waals surface area contributed by atoms with Crippen molar-refractivity contribution in [3.63, 3.8) is 0 Å². The maximum atomic E-state index is 5.68. The standard InChI is InChI=1S/C19H20N4S/c20-24-16-6-4-5-14(11-16)15-7-8-17-18(12-15)22-19(13-21-17)23-9-2-1-3-10-23/h4-8,11-13H,1-3,9-10,20H2.